The van der Waals surface area contributed by atoms with Crippen molar-refractivity contribution in [1.82, 2.24) is 0 Å². The summed E-state index contributed by atoms with van der Waals surface area (Å²) in [5, 5.41) is 27.9. The molecule has 6 heteroatoms. The number of hydrogen-bond donors (Lipinski definition) is 3. The number of rotatable bonds is 5. The Hall–Kier alpha value is -2.18. The molecule has 26 heavy (non-hydrogen) atoms. The highest BCUT2D eigenvalue weighted by molar-refractivity contribution is 9.10. The van der Waals surface area contributed by atoms with Gasteiger partial charge < -0.3 is 15.3 Å². The van der Waals surface area contributed by atoms with Gasteiger partial charge in [0, 0.05) is 10.4 Å². The zero-order chi connectivity index (χ0) is 19.2. The summed E-state index contributed by atoms with van der Waals surface area (Å²) in [7, 11) is 0. The predicted molar refractivity (Wildman–Crippen MR) is 101 cm³/mol. The van der Waals surface area contributed by atoms with Crippen molar-refractivity contribution in [2.45, 2.75) is 31.3 Å². The van der Waals surface area contributed by atoms with Gasteiger partial charge >= 0.3 is 11.9 Å². The summed E-state index contributed by atoms with van der Waals surface area (Å²) >= 11 is 3.26. The molecule has 0 radical (unpaired) electrons. The van der Waals surface area contributed by atoms with E-state index in [9.17, 15) is 19.8 Å². The van der Waals surface area contributed by atoms with Crippen molar-refractivity contribution in [3.8, 4) is 0 Å². The summed E-state index contributed by atoms with van der Waals surface area (Å²) in [6, 6.07) is 15.9. The second-order valence-electron chi connectivity index (χ2n) is 6.27. The maximum atomic E-state index is 11.2. The Morgan fingerprint density at radius 3 is 2.15 bits per heavy atom. The molecule has 1 saturated carbocycles. The minimum atomic E-state index is -1.69. The van der Waals surface area contributed by atoms with E-state index in [2.05, 4.69) is 15.9 Å². The number of halogens is 1. The molecule has 0 aromatic heterocycles. The lowest BCUT2D eigenvalue weighted by Crippen LogP contribution is -2.45. The molecule has 5 nitrogen and oxygen atoms in total. The molecule has 0 spiro atoms. The van der Waals surface area contributed by atoms with Crippen molar-refractivity contribution in [1.29, 1.82) is 0 Å². The Labute approximate surface area is 160 Å². The average molecular weight is 421 g/mol. The molecule has 1 aliphatic carbocycles. The van der Waals surface area contributed by atoms with Crippen LogP contribution in [0.5, 0.6) is 0 Å². The predicted octanol–water partition coefficient (Wildman–Crippen LogP) is 3.84. The third-order valence-corrected chi connectivity index (χ3v) is 4.97. The van der Waals surface area contributed by atoms with E-state index in [1.165, 1.54) is 0 Å². The molecular formula is C20H21BrO5. The Morgan fingerprint density at radius 1 is 1.04 bits per heavy atom. The van der Waals surface area contributed by atoms with Crippen molar-refractivity contribution in [2.75, 3.05) is 0 Å². The molecule has 1 atom stereocenters. The molecule has 2 aromatic rings. The fraction of sp³-hybridized carbons (Fsp3) is 0.300. The van der Waals surface area contributed by atoms with Crippen LogP contribution in [0.2, 0.25) is 0 Å². The number of hydrogen-bond acceptors (Lipinski definition) is 3. The lowest BCUT2D eigenvalue weighted by molar-refractivity contribution is -0.171. The fourth-order valence-electron chi connectivity index (χ4n) is 2.87. The topological polar surface area (TPSA) is 94.8 Å². The molecular weight excluding hydrogens is 400 g/mol. The van der Waals surface area contributed by atoms with Crippen LogP contribution in [0.4, 0.5) is 0 Å². The number of carboxylic acids is 2. The Kier molecular flexibility index (Phi) is 6.94. The molecule has 138 valence electrons. The molecule has 2 aromatic carbocycles. The number of aliphatic carboxylic acids is 2. The summed E-state index contributed by atoms with van der Waals surface area (Å²) in [6.45, 7) is 0. The van der Waals surface area contributed by atoms with Crippen LogP contribution in [-0.2, 0) is 21.6 Å². The standard InChI is InChI=1S/C12H14O3.C8H7BrO2/c13-11(14)12(15,10-7-4-8-10)9-5-2-1-3-6-9;9-7-3-1-2-6(4-7)5-8(10)11/h1-3,5-6,10,15H,4,7-8H2,(H,13,14);1-4H,5H2,(H,10,11). The maximum absolute atomic E-state index is 11.2. The SMILES string of the molecule is O=C(O)C(O)(c1ccccc1)C1CCC1.O=C(O)Cc1cccc(Br)c1. The van der Waals surface area contributed by atoms with E-state index >= 15 is 0 Å². The lowest BCUT2D eigenvalue weighted by Gasteiger charge is -2.38. The summed E-state index contributed by atoms with van der Waals surface area (Å²) in [4.78, 5) is 21.5. The van der Waals surface area contributed by atoms with E-state index in [0.29, 0.717) is 5.56 Å². The van der Waals surface area contributed by atoms with Gasteiger partial charge in [-0.05, 0) is 36.1 Å². The van der Waals surface area contributed by atoms with E-state index in [1.807, 2.05) is 18.2 Å². The Morgan fingerprint density at radius 2 is 1.69 bits per heavy atom. The summed E-state index contributed by atoms with van der Waals surface area (Å²) in [5.41, 5.74) is -0.395. The first-order chi connectivity index (χ1) is 12.3. The summed E-state index contributed by atoms with van der Waals surface area (Å²) in [6.07, 6.45) is 2.67. The molecule has 1 unspecified atom stereocenters. The smallest absolute Gasteiger partial charge is 0.340 e. The molecule has 0 amide bonds. The van der Waals surface area contributed by atoms with Crippen molar-refractivity contribution < 1.29 is 24.9 Å². The molecule has 1 fully saturated rings. The first kappa shape index (κ1) is 20.1. The van der Waals surface area contributed by atoms with E-state index in [-0.39, 0.29) is 12.3 Å². The van der Waals surface area contributed by atoms with Crippen LogP contribution in [0.25, 0.3) is 0 Å². The highest BCUT2D eigenvalue weighted by Gasteiger charge is 2.47. The summed E-state index contributed by atoms with van der Waals surface area (Å²) < 4.78 is 0.913. The van der Waals surface area contributed by atoms with Crippen LogP contribution in [-0.4, -0.2) is 27.3 Å². The maximum Gasteiger partial charge on any atom is 0.340 e. The van der Waals surface area contributed by atoms with Gasteiger partial charge in [0.15, 0.2) is 5.60 Å². The molecule has 3 N–H and O–H groups in total. The Balaban J connectivity index is 0.000000197. The Bertz CT molecular complexity index is 758. The van der Waals surface area contributed by atoms with E-state index in [1.54, 1.807) is 36.4 Å². The lowest BCUT2D eigenvalue weighted by atomic mass is 9.70. The molecule has 0 bridgehead atoms. The van der Waals surface area contributed by atoms with Gasteiger partial charge in [-0.3, -0.25) is 4.79 Å². The minimum Gasteiger partial charge on any atom is -0.481 e. The second kappa shape index (κ2) is 8.96. The zero-order valence-corrected chi connectivity index (χ0v) is 15.7. The van der Waals surface area contributed by atoms with Crippen LogP contribution in [0, 0.1) is 5.92 Å². The minimum absolute atomic E-state index is 0.0828. The molecule has 3 rings (SSSR count). The quantitative estimate of drug-likeness (QED) is 0.682. The van der Waals surface area contributed by atoms with Gasteiger partial charge in [0.25, 0.3) is 0 Å². The molecule has 0 aliphatic heterocycles. The van der Waals surface area contributed by atoms with Crippen molar-refractivity contribution in [3.05, 3.63) is 70.2 Å². The monoisotopic (exact) mass is 420 g/mol. The zero-order valence-electron chi connectivity index (χ0n) is 14.1. The van der Waals surface area contributed by atoms with Gasteiger partial charge in [0.05, 0.1) is 6.42 Å². The van der Waals surface area contributed by atoms with Gasteiger partial charge in [-0.15, -0.1) is 0 Å². The van der Waals surface area contributed by atoms with Crippen molar-refractivity contribution in [3.63, 3.8) is 0 Å². The summed E-state index contributed by atoms with van der Waals surface area (Å²) in [5.74, 6) is -2.08. The number of carbonyl (C=O) groups is 2. The highest BCUT2D eigenvalue weighted by Crippen LogP contribution is 2.42. The number of benzene rings is 2. The number of aliphatic hydroxyl groups is 1. The van der Waals surface area contributed by atoms with E-state index in [4.69, 9.17) is 5.11 Å². The van der Waals surface area contributed by atoms with Gasteiger partial charge in [-0.25, -0.2) is 4.79 Å². The first-order valence-corrected chi connectivity index (χ1v) is 9.11. The highest BCUT2D eigenvalue weighted by atomic mass is 79.9. The molecule has 1 aliphatic rings. The van der Waals surface area contributed by atoms with E-state index < -0.39 is 17.5 Å². The largest absolute Gasteiger partial charge is 0.481 e. The fourth-order valence-corrected chi connectivity index (χ4v) is 3.32. The second-order valence-corrected chi connectivity index (χ2v) is 7.18. The van der Waals surface area contributed by atoms with Gasteiger partial charge in [-0.1, -0.05) is 64.8 Å². The van der Waals surface area contributed by atoms with Crippen LogP contribution in [0.15, 0.2) is 59.1 Å². The van der Waals surface area contributed by atoms with Crippen LogP contribution in [0.1, 0.15) is 30.4 Å². The van der Waals surface area contributed by atoms with Crippen LogP contribution in [0.3, 0.4) is 0 Å². The first-order valence-electron chi connectivity index (χ1n) is 8.31. The van der Waals surface area contributed by atoms with Crippen molar-refractivity contribution in [2.24, 2.45) is 5.92 Å². The van der Waals surface area contributed by atoms with Gasteiger partial charge in [0.2, 0.25) is 0 Å². The van der Waals surface area contributed by atoms with E-state index in [0.717, 1.165) is 29.3 Å². The van der Waals surface area contributed by atoms with Gasteiger partial charge in [0.1, 0.15) is 0 Å². The van der Waals surface area contributed by atoms with Crippen LogP contribution < -0.4 is 0 Å². The molecule has 0 saturated heterocycles. The average Bonchev–Trinajstić information content (AvgIpc) is 2.53. The normalized spacial score (nSPS) is 15.8. The number of carboxylic acid groups (broad SMARTS) is 2. The van der Waals surface area contributed by atoms with Gasteiger partial charge in [-0.2, -0.15) is 0 Å². The molecule has 0 heterocycles. The van der Waals surface area contributed by atoms with Crippen molar-refractivity contribution >= 4 is 27.9 Å². The third-order valence-electron chi connectivity index (χ3n) is 4.48. The van der Waals surface area contributed by atoms with Crippen LogP contribution >= 0.6 is 15.9 Å². The third kappa shape index (κ3) is 4.93.